The first-order chi connectivity index (χ1) is 9.36. The van der Waals surface area contributed by atoms with E-state index in [9.17, 15) is 0 Å². The number of hydrogen-bond acceptors (Lipinski definition) is 2. The first-order valence-corrected chi connectivity index (χ1v) is 8.35. The fourth-order valence-electron chi connectivity index (χ4n) is 2.98. The lowest BCUT2D eigenvalue weighted by Gasteiger charge is -2.32. The van der Waals surface area contributed by atoms with Gasteiger partial charge in [0, 0.05) is 13.1 Å². The maximum Gasteiger partial charge on any atom is 0.0462 e. The molecule has 0 amide bonds. The fourth-order valence-corrected chi connectivity index (χ4v) is 2.98. The summed E-state index contributed by atoms with van der Waals surface area (Å²) in [6.45, 7) is 12.3. The first kappa shape index (κ1) is 18.4. The van der Waals surface area contributed by atoms with Gasteiger partial charge in [0.1, 0.15) is 0 Å². The third kappa shape index (κ3) is 9.96. The molecule has 2 heteroatoms. The molecule has 19 heavy (non-hydrogen) atoms. The summed E-state index contributed by atoms with van der Waals surface area (Å²) in [6, 6.07) is 0. The average molecular weight is 266 g/mol. The van der Waals surface area contributed by atoms with E-state index in [4.69, 9.17) is 5.26 Å². The Morgan fingerprint density at radius 3 is 2.26 bits per heavy atom. The minimum absolute atomic E-state index is 0.994. The van der Waals surface area contributed by atoms with Gasteiger partial charge in [0.2, 0.25) is 0 Å². The van der Waals surface area contributed by atoms with E-state index in [1.807, 2.05) is 0 Å². The third-order valence-corrected chi connectivity index (χ3v) is 4.26. The van der Waals surface area contributed by atoms with Crippen LogP contribution in [0.4, 0.5) is 0 Å². The number of nitriles is 1. The molecular formula is C17H34N2. The number of rotatable bonds is 9. The molecule has 112 valence electrons. The van der Waals surface area contributed by atoms with Gasteiger partial charge in [-0.15, -0.1) is 0 Å². The monoisotopic (exact) mass is 266 g/mol. The molecule has 1 saturated heterocycles. The summed E-state index contributed by atoms with van der Waals surface area (Å²) in [5.41, 5.74) is 0. The van der Waals surface area contributed by atoms with E-state index in [0.29, 0.717) is 0 Å². The molecular weight excluding hydrogens is 232 g/mol. The van der Waals surface area contributed by atoms with Crippen molar-refractivity contribution >= 4 is 0 Å². The molecule has 1 aliphatic rings. The molecule has 0 aromatic rings. The summed E-state index contributed by atoms with van der Waals surface area (Å²) in [5, 5.41) is 6.50. The molecule has 0 N–H and O–H groups in total. The number of piperidine rings is 1. The van der Waals surface area contributed by atoms with Crippen LogP contribution in [0, 0.1) is 17.8 Å². The Bertz CT molecular complexity index is 201. The minimum Gasteiger partial charge on any atom is -0.303 e. The normalized spacial score (nSPS) is 19.7. The summed E-state index contributed by atoms with van der Waals surface area (Å²) in [5.74, 6) is 0.994. The molecule has 0 saturated carbocycles. The second-order valence-corrected chi connectivity index (χ2v) is 5.84. The molecule has 0 bridgehead atoms. The van der Waals surface area contributed by atoms with E-state index in [-0.39, 0.29) is 0 Å². The van der Waals surface area contributed by atoms with Crippen molar-refractivity contribution in [3.05, 3.63) is 0 Å². The highest BCUT2D eigenvalue weighted by Gasteiger charge is 2.17. The predicted octanol–water partition coefficient (Wildman–Crippen LogP) is 5.00. The highest BCUT2D eigenvalue weighted by molar-refractivity contribution is 4.71. The highest BCUT2D eigenvalue weighted by atomic mass is 15.1. The lowest BCUT2D eigenvalue weighted by Crippen LogP contribution is -2.35. The Hall–Kier alpha value is -0.550. The Labute approximate surface area is 121 Å². The molecule has 1 fully saturated rings. The summed E-state index contributed by atoms with van der Waals surface area (Å²) in [7, 11) is 0. The lowest BCUT2D eigenvalue weighted by molar-refractivity contribution is 0.169. The van der Waals surface area contributed by atoms with Crippen LogP contribution in [-0.2, 0) is 0 Å². The zero-order valence-corrected chi connectivity index (χ0v) is 13.2. The van der Waals surface area contributed by atoms with Gasteiger partial charge in [0.05, 0.1) is 0 Å². The molecule has 0 aromatic carbocycles. The van der Waals surface area contributed by atoms with Crippen LogP contribution in [0.2, 0.25) is 0 Å². The molecule has 1 atom stereocenters. The molecule has 0 aromatic heterocycles. The van der Waals surface area contributed by atoms with Crippen LogP contribution in [0.15, 0.2) is 0 Å². The fraction of sp³-hybridized carbons (Fsp3) is 0.941. The van der Waals surface area contributed by atoms with Crippen molar-refractivity contribution in [2.45, 2.75) is 78.1 Å². The van der Waals surface area contributed by atoms with Crippen LogP contribution in [0.5, 0.6) is 0 Å². The van der Waals surface area contributed by atoms with Crippen molar-refractivity contribution < 1.29 is 0 Å². The molecule has 1 heterocycles. The van der Waals surface area contributed by atoms with E-state index < -0.39 is 0 Å². The smallest absolute Gasteiger partial charge is 0.0462 e. The van der Waals surface area contributed by atoms with Crippen molar-refractivity contribution in [3.8, 4) is 6.57 Å². The molecule has 0 radical (unpaired) electrons. The molecule has 1 unspecified atom stereocenters. The van der Waals surface area contributed by atoms with Crippen LogP contribution >= 0.6 is 0 Å². The van der Waals surface area contributed by atoms with Crippen molar-refractivity contribution in [2.24, 2.45) is 5.92 Å². The van der Waals surface area contributed by atoms with Gasteiger partial charge < -0.3 is 4.90 Å². The zero-order chi connectivity index (χ0) is 14.3. The Kier molecular flexibility index (Phi) is 13.5. The highest BCUT2D eigenvalue weighted by Crippen LogP contribution is 2.19. The van der Waals surface area contributed by atoms with E-state index in [0.717, 1.165) is 5.92 Å². The summed E-state index contributed by atoms with van der Waals surface area (Å²) >= 11 is 0. The van der Waals surface area contributed by atoms with Crippen LogP contribution in [0.1, 0.15) is 78.1 Å². The summed E-state index contributed by atoms with van der Waals surface area (Å²) in [6.07, 6.45) is 14.4. The van der Waals surface area contributed by atoms with Gasteiger partial charge in [0.25, 0.3) is 0 Å². The quantitative estimate of drug-likeness (QED) is 0.549. The van der Waals surface area contributed by atoms with E-state index in [2.05, 4.69) is 25.3 Å². The number of nitrogens with zero attached hydrogens (tertiary/aromatic N) is 2. The van der Waals surface area contributed by atoms with Crippen LogP contribution in [-0.4, -0.2) is 24.5 Å². The largest absolute Gasteiger partial charge is 0.303 e. The Morgan fingerprint density at radius 1 is 1.00 bits per heavy atom. The topological polar surface area (TPSA) is 27.0 Å². The Balaban J connectivity index is 0.00000154. The maximum atomic E-state index is 6.50. The Morgan fingerprint density at radius 2 is 1.63 bits per heavy atom. The molecule has 0 aliphatic carbocycles. The van der Waals surface area contributed by atoms with E-state index in [1.54, 1.807) is 0 Å². The molecule has 1 rings (SSSR count). The average Bonchev–Trinajstić information content (AvgIpc) is 2.48. The van der Waals surface area contributed by atoms with Crippen molar-refractivity contribution in [2.75, 3.05) is 19.6 Å². The van der Waals surface area contributed by atoms with Crippen molar-refractivity contribution in [3.63, 3.8) is 0 Å². The maximum absolute atomic E-state index is 6.50. The number of hydrogen-bond donors (Lipinski definition) is 0. The van der Waals surface area contributed by atoms with Crippen LogP contribution in [0.3, 0.4) is 0 Å². The SMILES string of the molecule is C#N.CCCCCCCCCN1CCCC(CC)C1. The standard InChI is InChI=1S/C16H33N.CHN/c1-3-5-6-7-8-9-10-13-17-14-11-12-16(4-2)15-17;1-2/h16H,3-15H2,1-2H3;1H. The van der Waals surface area contributed by atoms with Gasteiger partial charge in [-0.3, -0.25) is 0 Å². The predicted molar refractivity (Wildman–Crippen MR) is 84.1 cm³/mol. The van der Waals surface area contributed by atoms with Gasteiger partial charge in [-0.05, 0) is 38.3 Å². The zero-order valence-electron chi connectivity index (χ0n) is 13.2. The van der Waals surface area contributed by atoms with Crippen molar-refractivity contribution in [1.29, 1.82) is 5.26 Å². The van der Waals surface area contributed by atoms with Crippen molar-refractivity contribution in [1.82, 2.24) is 4.90 Å². The van der Waals surface area contributed by atoms with Gasteiger partial charge in [-0.2, -0.15) is 0 Å². The van der Waals surface area contributed by atoms with Gasteiger partial charge in [-0.1, -0.05) is 58.8 Å². The van der Waals surface area contributed by atoms with Crippen LogP contribution in [0.25, 0.3) is 0 Å². The molecule has 2 nitrogen and oxygen atoms in total. The number of likely N-dealkylation sites (tertiary alicyclic amines) is 1. The second-order valence-electron chi connectivity index (χ2n) is 5.84. The van der Waals surface area contributed by atoms with Gasteiger partial charge in [-0.25, -0.2) is 5.26 Å². The lowest BCUT2D eigenvalue weighted by atomic mass is 9.95. The third-order valence-electron chi connectivity index (χ3n) is 4.26. The van der Waals surface area contributed by atoms with E-state index in [1.165, 1.54) is 83.8 Å². The molecule has 0 spiro atoms. The summed E-state index contributed by atoms with van der Waals surface area (Å²) < 4.78 is 0. The van der Waals surface area contributed by atoms with Crippen LogP contribution < -0.4 is 0 Å². The summed E-state index contributed by atoms with van der Waals surface area (Å²) in [4.78, 5) is 2.71. The second kappa shape index (κ2) is 13.9. The van der Waals surface area contributed by atoms with Gasteiger partial charge in [0.15, 0.2) is 0 Å². The van der Waals surface area contributed by atoms with E-state index >= 15 is 0 Å². The molecule has 1 aliphatic heterocycles. The number of unbranched alkanes of at least 4 members (excludes halogenated alkanes) is 6. The van der Waals surface area contributed by atoms with Gasteiger partial charge >= 0.3 is 0 Å². The minimum atomic E-state index is 0.994. The first-order valence-electron chi connectivity index (χ1n) is 8.35.